The Bertz CT molecular complexity index is 1090. The third kappa shape index (κ3) is 3.93. The Balaban J connectivity index is 1.45. The van der Waals surface area contributed by atoms with E-state index in [0.29, 0.717) is 12.5 Å². The number of fused-ring (bicyclic) bond motifs is 3. The fraction of sp³-hybridized carbons (Fsp3) is 0.542. The van der Waals surface area contributed by atoms with Crippen LogP contribution >= 0.6 is 0 Å². The zero-order valence-electron chi connectivity index (χ0n) is 19.2. The van der Waals surface area contributed by atoms with Crippen LogP contribution in [0.15, 0.2) is 24.4 Å². The summed E-state index contributed by atoms with van der Waals surface area (Å²) in [5.41, 5.74) is 3.22. The van der Waals surface area contributed by atoms with E-state index < -0.39 is 0 Å². The Hall–Kier alpha value is -2.71. The third-order valence-electron chi connectivity index (χ3n) is 6.54. The number of aromatic nitrogens is 5. The lowest BCUT2D eigenvalue weighted by molar-refractivity contribution is 0.164. The third-order valence-corrected chi connectivity index (χ3v) is 6.54. The minimum Gasteiger partial charge on any atom is -0.491 e. The summed E-state index contributed by atoms with van der Waals surface area (Å²) in [5.74, 6) is 3.94. The van der Waals surface area contributed by atoms with Gasteiger partial charge in [0.05, 0.1) is 18.7 Å². The van der Waals surface area contributed by atoms with Crippen molar-refractivity contribution < 1.29 is 9.84 Å². The van der Waals surface area contributed by atoms with Crippen molar-refractivity contribution in [3.05, 3.63) is 35.8 Å². The van der Waals surface area contributed by atoms with Crippen LogP contribution in [0.2, 0.25) is 0 Å². The van der Waals surface area contributed by atoms with E-state index >= 15 is 0 Å². The molecule has 0 unspecified atom stereocenters. The Morgan fingerprint density at radius 1 is 1.12 bits per heavy atom. The highest BCUT2D eigenvalue weighted by Crippen LogP contribution is 2.38. The predicted octanol–water partition coefficient (Wildman–Crippen LogP) is 3.26. The molecule has 5 rings (SSSR count). The summed E-state index contributed by atoms with van der Waals surface area (Å²) < 4.78 is 10.3. The number of aliphatic hydroxyl groups is 1. The van der Waals surface area contributed by atoms with E-state index in [0.717, 1.165) is 73.5 Å². The minimum atomic E-state index is 0.217. The first-order valence-corrected chi connectivity index (χ1v) is 11.6. The maximum atomic E-state index is 9.18. The lowest BCUT2D eigenvalue weighted by Gasteiger charge is -2.31. The Kier molecular flexibility index (Phi) is 5.73. The Morgan fingerprint density at radius 3 is 2.69 bits per heavy atom. The molecule has 170 valence electrons. The average Bonchev–Trinajstić information content (AvgIpc) is 3.34. The van der Waals surface area contributed by atoms with Crippen molar-refractivity contribution >= 4 is 0 Å². The van der Waals surface area contributed by atoms with Crippen molar-refractivity contribution in [3.8, 4) is 28.7 Å². The SMILES string of the molecule is Cc1nc(-c2cn3c(n2)-c2ccc(C4CCN(CCO)CC4)cc2OCC3)n(C(C)C)n1. The van der Waals surface area contributed by atoms with Crippen LogP contribution in [0.25, 0.3) is 22.9 Å². The van der Waals surface area contributed by atoms with Crippen LogP contribution in [0.4, 0.5) is 0 Å². The summed E-state index contributed by atoms with van der Waals surface area (Å²) >= 11 is 0. The quantitative estimate of drug-likeness (QED) is 0.661. The van der Waals surface area contributed by atoms with Gasteiger partial charge in [0.25, 0.3) is 0 Å². The summed E-state index contributed by atoms with van der Waals surface area (Å²) in [6.45, 7) is 10.6. The number of likely N-dealkylation sites (tertiary alicyclic amines) is 1. The Labute approximate surface area is 188 Å². The van der Waals surface area contributed by atoms with Gasteiger partial charge in [0.15, 0.2) is 5.82 Å². The van der Waals surface area contributed by atoms with E-state index in [1.54, 1.807) is 0 Å². The summed E-state index contributed by atoms with van der Waals surface area (Å²) in [6, 6.07) is 6.83. The molecular formula is C24H32N6O2. The maximum Gasteiger partial charge on any atom is 0.178 e. The number of benzene rings is 1. The van der Waals surface area contributed by atoms with Gasteiger partial charge in [-0.2, -0.15) is 5.10 Å². The predicted molar refractivity (Wildman–Crippen MR) is 123 cm³/mol. The number of imidazole rings is 1. The van der Waals surface area contributed by atoms with E-state index in [1.165, 1.54) is 5.56 Å². The van der Waals surface area contributed by atoms with Crippen LogP contribution in [0.3, 0.4) is 0 Å². The second-order valence-corrected chi connectivity index (χ2v) is 9.11. The molecule has 1 N–H and O–H groups in total. The van der Waals surface area contributed by atoms with Crippen molar-refractivity contribution in [2.45, 2.75) is 52.1 Å². The van der Waals surface area contributed by atoms with Crippen molar-refractivity contribution in [1.29, 1.82) is 0 Å². The van der Waals surface area contributed by atoms with Crippen LogP contribution in [-0.4, -0.2) is 67.2 Å². The molecule has 32 heavy (non-hydrogen) atoms. The normalized spacial score (nSPS) is 17.2. The zero-order valence-corrected chi connectivity index (χ0v) is 19.2. The van der Waals surface area contributed by atoms with Crippen LogP contribution < -0.4 is 4.74 Å². The lowest BCUT2D eigenvalue weighted by atomic mass is 9.88. The highest BCUT2D eigenvalue weighted by molar-refractivity contribution is 5.69. The monoisotopic (exact) mass is 436 g/mol. The smallest absolute Gasteiger partial charge is 0.178 e. The van der Waals surface area contributed by atoms with E-state index in [2.05, 4.69) is 57.8 Å². The van der Waals surface area contributed by atoms with Gasteiger partial charge in [0.2, 0.25) is 0 Å². The number of ether oxygens (including phenoxy) is 1. The van der Waals surface area contributed by atoms with Gasteiger partial charge in [-0.1, -0.05) is 6.07 Å². The second kappa shape index (κ2) is 8.67. The van der Waals surface area contributed by atoms with Gasteiger partial charge in [-0.15, -0.1) is 0 Å². The summed E-state index contributed by atoms with van der Waals surface area (Å²) in [5, 5.41) is 13.7. The molecule has 0 spiro atoms. The number of piperidine rings is 1. The van der Waals surface area contributed by atoms with E-state index in [1.807, 2.05) is 11.6 Å². The number of β-amino-alcohol motifs (C(OH)–C–C–N with tert-alkyl or cyclic N) is 1. The molecule has 0 bridgehead atoms. The molecule has 0 atom stereocenters. The molecule has 0 amide bonds. The Morgan fingerprint density at radius 2 is 1.94 bits per heavy atom. The molecule has 2 aliphatic rings. The van der Waals surface area contributed by atoms with Gasteiger partial charge in [-0.25, -0.2) is 14.6 Å². The lowest BCUT2D eigenvalue weighted by Crippen LogP contribution is -2.34. The number of aliphatic hydroxyl groups excluding tert-OH is 1. The highest BCUT2D eigenvalue weighted by atomic mass is 16.5. The van der Waals surface area contributed by atoms with Crippen molar-refractivity contribution in [2.75, 3.05) is 32.8 Å². The van der Waals surface area contributed by atoms with E-state index in [4.69, 9.17) is 9.72 Å². The summed E-state index contributed by atoms with van der Waals surface area (Å²) in [4.78, 5) is 12.0. The van der Waals surface area contributed by atoms with Gasteiger partial charge in [0.1, 0.15) is 29.7 Å². The van der Waals surface area contributed by atoms with E-state index in [-0.39, 0.29) is 12.6 Å². The molecule has 1 fully saturated rings. The van der Waals surface area contributed by atoms with Crippen molar-refractivity contribution in [3.63, 3.8) is 0 Å². The summed E-state index contributed by atoms with van der Waals surface area (Å²) in [6.07, 6.45) is 4.30. The fourth-order valence-electron chi connectivity index (χ4n) is 4.86. The van der Waals surface area contributed by atoms with E-state index in [9.17, 15) is 5.11 Å². The largest absolute Gasteiger partial charge is 0.491 e. The molecule has 4 heterocycles. The van der Waals surface area contributed by atoms with Gasteiger partial charge >= 0.3 is 0 Å². The number of aryl methyl sites for hydroxylation is 1. The van der Waals surface area contributed by atoms with Crippen LogP contribution in [0.5, 0.6) is 5.75 Å². The average molecular weight is 437 g/mol. The molecule has 2 aromatic heterocycles. The van der Waals surface area contributed by atoms with Crippen molar-refractivity contribution in [1.82, 2.24) is 29.2 Å². The topological polar surface area (TPSA) is 81.2 Å². The number of rotatable bonds is 5. The summed E-state index contributed by atoms with van der Waals surface area (Å²) in [7, 11) is 0. The number of hydrogen-bond donors (Lipinski definition) is 1. The second-order valence-electron chi connectivity index (χ2n) is 9.11. The number of hydrogen-bond acceptors (Lipinski definition) is 6. The molecule has 2 aliphatic heterocycles. The molecule has 1 saturated heterocycles. The van der Waals surface area contributed by atoms with Crippen LogP contribution in [0.1, 0.15) is 50.0 Å². The first-order valence-electron chi connectivity index (χ1n) is 11.6. The molecule has 0 radical (unpaired) electrons. The van der Waals surface area contributed by atoms with Gasteiger partial charge in [0, 0.05) is 18.8 Å². The zero-order chi connectivity index (χ0) is 22.2. The highest BCUT2D eigenvalue weighted by Gasteiger charge is 2.25. The van der Waals surface area contributed by atoms with Gasteiger partial charge in [-0.3, -0.25) is 0 Å². The maximum absolute atomic E-state index is 9.18. The van der Waals surface area contributed by atoms with Gasteiger partial charge in [-0.05, 0) is 70.3 Å². The molecule has 0 aliphatic carbocycles. The van der Waals surface area contributed by atoms with Crippen LogP contribution in [0, 0.1) is 6.92 Å². The molecule has 8 nitrogen and oxygen atoms in total. The molecule has 1 aromatic carbocycles. The number of nitrogens with zero attached hydrogens (tertiary/aromatic N) is 6. The molecule has 0 saturated carbocycles. The fourth-order valence-corrected chi connectivity index (χ4v) is 4.86. The first kappa shape index (κ1) is 21.2. The van der Waals surface area contributed by atoms with Gasteiger partial charge < -0.3 is 19.3 Å². The molecule has 8 heteroatoms. The van der Waals surface area contributed by atoms with Crippen molar-refractivity contribution in [2.24, 2.45) is 0 Å². The molecule has 3 aromatic rings. The van der Waals surface area contributed by atoms with Crippen LogP contribution in [-0.2, 0) is 6.54 Å². The minimum absolute atomic E-state index is 0.217. The standard InChI is InChI=1S/C24H32N6O2/c1-16(2)30-24(25-17(3)27-30)21-15-29-11-13-32-22-14-19(4-5-20(22)23(29)26-21)18-6-8-28(9-7-18)10-12-31/h4-5,14-16,18,31H,6-13H2,1-3H3. The molecular weight excluding hydrogens is 404 g/mol. The first-order chi connectivity index (χ1) is 15.5.